The van der Waals surface area contributed by atoms with Gasteiger partial charge in [0.05, 0.1) is 19.6 Å². The topological polar surface area (TPSA) is 64.6 Å². The van der Waals surface area contributed by atoms with Crippen LogP contribution in [0.5, 0.6) is 5.75 Å². The zero-order valence-electron chi connectivity index (χ0n) is 14.4. The Bertz CT molecular complexity index is 795. The van der Waals surface area contributed by atoms with E-state index in [0.717, 1.165) is 5.56 Å². The first-order valence-corrected chi connectivity index (χ1v) is 8.67. The maximum atomic E-state index is 12.0. The summed E-state index contributed by atoms with van der Waals surface area (Å²) in [5, 5.41) is 3.83. The lowest BCUT2D eigenvalue weighted by Crippen LogP contribution is -2.31. The Kier molecular flexibility index (Phi) is 7.30. The van der Waals surface area contributed by atoms with Gasteiger partial charge in [0.15, 0.2) is 6.61 Å². The molecule has 0 aliphatic rings. The van der Waals surface area contributed by atoms with Gasteiger partial charge in [0.25, 0.3) is 5.91 Å². The Morgan fingerprint density at radius 3 is 2.54 bits per heavy atom. The fourth-order valence-corrected chi connectivity index (χ4v) is 2.77. The highest BCUT2D eigenvalue weighted by atomic mass is 35.5. The molecule has 0 unspecified atom stereocenters. The first kappa shape index (κ1) is 20.1. The van der Waals surface area contributed by atoms with Crippen LogP contribution in [-0.4, -0.2) is 25.6 Å². The molecule has 0 radical (unpaired) electrons. The predicted octanol–water partition coefficient (Wildman–Crippen LogP) is 3.97. The number of ether oxygens (including phenoxy) is 2. The van der Waals surface area contributed by atoms with Gasteiger partial charge < -0.3 is 14.8 Å². The molecule has 1 amide bonds. The summed E-state index contributed by atoms with van der Waals surface area (Å²) in [7, 11) is 1.50. The molecule has 0 fully saturated rings. The highest BCUT2D eigenvalue weighted by molar-refractivity contribution is 6.31. The van der Waals surface area contributed by atoms with Crippen molar-refractivity contribution >= 4 is 35.1 Å². The summed E-state index contributed by atoms with van der Waals surface area (Å²) in [6.07, 6.45) is -0.0408. The Morgan fingerprint density at radius 1 is 1.12 bits per heavy atom. The van der Waals surface area contributed by atoms with Crippen molar-refractivity contribution in [1.29, 1.82) is 0 Å². The van der Waals surface area contributed by atoms with Gasteiger partial charge in [-0.25, -0.2) is 0 Å². The van der Waals surface area contributed by atoms with Gasteiger partial charge in [0.1, 0.15) is 5.75 Å². The molecule has 0 saturated carbocycles. The molecule has 1 atom stereocenters. The maximum Gasteiger partial charge on any atom is 0.310 e. The number of carbonyl (C=O) groups is 2. The molecule has 0 heterocycles. The zero-order valence-corrected chi connectivity index (χ0v) is 15.9. The lowest BCUT2D eigenvalue weighted by Gasteiger charge is -2.15. The highest BCUT2D eigenvalue weighted by Crippen LogP contribution is 2.23. The molecule has 0 aliphatic carbocycles. The monoisotopic (exact) mass is 395 g/mol. The van der Waals surface area contributed by atoms with Crippen LogP contribution in [0.25, 0.3) is 0 Å². The van der Waals surface area contributed by atoms with E-state index in [2.05, 4.69) is 5.32 Å². The van der Waals surface area contributed by atoms with Crippen LogP contribution in [0.2, 0.25) is 10.0 Å². The van der Waals surface area contributed by atoms with Crippen molar-refractivity contribution in [3.05, 3.63) is 63.6 Å². The van der Waals surface area contributed by atoms with E-state index in [4.69, 9.17) is 32.7 Å². The number of carbonyl (C=O) groups excluding carboxylic acids is 2. The third kappa shape index (κ3) is 5.93. The average Bonchev–Trinajstić information content (AvgIpc) is 2.60. The molecule has 2 rings (SSSR count). The van der Waals surface area contributed by atoms with E-state index < -0.39 is 11.9 Å². The van der Waals surface area contributed by atoms with Gasteiger partial charge >= 0.3 is 5.97 Å². The molecule has 2 aromatic rings. The van der Waals surface area contributed by atoms with Crippen molar-refractivity contribution in [2.75, 3.05) is 13.7 Å². The lowest BCUT2D eigenvalue weighted by atomic mass is 10.1. The summed E-state index contributed by atoms with van der Waals surface area (Å²) in [4.78, 5) is 24.0. The standard InChI is InChI=1S/C19H19Cl2NO4/c1-12(13-4-3-5-15(20)8-13)22-18(23)11-26-19(24)10-14-9-16(21)6-7-17(14)25-2/h3-9,12H,10-11H2,1-2H3,(H,22,23)/t12-/m0/s1. The predicted molar refractivity (Wildman–Crippen MR) is 101 cm³/mol. The number of rotatable bonds is 7. The quantitative estimate of drug-likeness (QED) is 0.720. The van der Waals surface area contributed by atoms with E-state index in [-0.39, 0.29) is 19.1 Å². The van der Waals surface area contributed by atoms with E-state index in [1.165, 1.54) is 7.11 Å². The van der Waals surface area contributed by atoms with Crippen molar-refractivity contribution in [3.8, 4) is 5.75 Å². The number of hydrogen-bond acceptors (Lipinski definition) is 4. The first-order valence-electron chi connectivity index (χ1n) is 7.92. The minimum absolute atomic E-state index is 0.0408. The molecule has 0 saturated heterocycles. The van der Waals surface area contributed by atoms with Gasteiger partial charge in [0, 0.05) is 15.6 Å². The first-order chi connectivity index (χ1) is 12.4. The fourth-order valence-electron chi connectivity index (χ4n) is 2.38. The molecular formula is C19H19Cl2NO4. The molecule has 2 aromatic carbocycles. The second-order valence-electron chi connectivity index (χ2n) is 5.64. The van der Waals surface area contributed by atoms with Crippen molar-refractivity contribution in [2.45, 2.75) is 19.4 Å². The van der Waals surface area contributed by atoms with Gasteiger partial charge in [-0.2, -0.15) is 0 Å². The van der Waals surface area contributed by atoms with E-state index in [1.54, 1.807) is 36.4 Å². The molecule has 5 nitrogen and oxygen atoms in total. The second kappa shape index (κ2) is 9.46. The molecule has 0 aliphatic heterocycles. The molecule has 1 N–H and O–H groups in total. The number of nitrogens with one attached hydrogen (secondary N) is 1. The van der Waals surface area contributed by atoms with Crippen molar-refractivity contribution < 1.29 is 19.1 Å². The van der Waals surface area contributed by atoms with Crippen LogP contribution in [0.1, 0.15) is 24.1 Å². The number of benzene rings is 2. The molecule has 138 valence electrons. The van der Waals surface area contributed by atoms with Crippen molar-refractivity contribution in [3.63, 3.8) is 0 Å². The zero-order chi connectivity index (χ0) is 19.1. The van der Waals surface area contributed by atoms with E-state index in [1.807, 2.05) is 13.0 Å². The Balaban J connectivity index is 1.85. The van der Waals surface area contributed by atoms with Crippen LogP contribution in [-0.2, 0) is 20.7 Å². The average molecular weight is 396 g/mol. The summed E-state index contributed by atoms with van der Waals surface area (Å²) in [6.45, 7) is 1.45. The van der Waals surface area contributed by atoms with Gasteiger partial charge in [-0.3, -0.25) is 9.59 Å². The summed E-state index contributed by atoms with van der Waals surface area (Å²) in [5.74, 6) is -0.412. The number of hydrogen-bond donors (Lipinski definition) is 1. The molecule has 0 aromatic heterocycles. The Hall–Kier alpha value is -2.24. The maximum absolute atomic E-state index is 12.0. The van der Waals surface area contributed by atoms with E-state index in [0.29, 0.717) is 21.4 Å². The SMILES string of the molecule is COc1ccc(Cl)cc1CC(=O)OCC(=O)N[C@@H](C)c1cccc(Cl)c1. The Labute approximate surface area is 162 Å². The minimum atomic E-state index is -0.545. The van der Waals surface area contributed by atoms with Crippen LogP contribution in [0.4, 0.5) is 0 Å². The normalized spacial score (nSPS) is 11.5. The second-order valence-corrected chi connectivity index (χ2v) is 6.51. The van der Waals surface area contributed by atoms with Crippen molar-refractivity contribution in [1.82, 2.24) is 5.32 Å². The van der Waals surface area contributed by atoms with E-state index in [9.17, 15) is 9.59 Å². The third-order valence-corrected chi connectivity index (χ3v) is 4.14. The largest absolute Gasteiger partial charge is 0.496 e. The summed E-state index contributed by atoms with van der Waals surface area (Å²) >= 11 is 11.9. The van der Waals surface area contributed by atoms with Gasteiger partial charge in [-0.05, 0) is 42.8 Å². The van der Waals surface area contributed by atoms with Crippen LogP contribution in [0.15, 0.2) is 42.5 Å². The molecule has 26 heavy (non-hydrogen) atoms. The van der Waals surface area contributed by atoms with Gasteiger partial charge in [-0.15, -0.1) is 0 Å². The minimum Gasteiger partial charge on any atom is -0.496 e. The summed E-state index contributed by atoms with van der Waals surface area (Å²) < 4.78 is 10.2. The van der Waals surface area contributed by atoms with Gasteiger partial charge in [-0.1, -0.05) is 35.3 Å². The smallest absolute Gasteiger partial charge is 0.310 e. The Morgan fingerprint density at radius 2 is 1.85 bits per heavy atom. The van der Waals surface area contributed by atoms with Crippen LogP contribution in [0.3, 0.4) is 0 Å². The molecular weight excluding hydrogens is 377 g/mol. The summed E-state index contributed by atoms with van der Waals surface area (Å²) in [6, 6.07) is 11.9. The van der Waals surface area contributed by atoms with Crippen LogP contribution >= 0.6 is 23.2 Å². The third-order valence-electron chi connectivity index (χ3n) is 3.67. The number of amides is 1. The van der Waals surface area contributed by atoms with Crippen LogP contribution in [0, 0.1) is 0 Å². The molecule has 0 bridgehead atoms. The fraction of sp³-hybridized carbons (Fsp3) is 0.263. The lowest BCUT2D eigenvalue weighted by molar-refractivity contribution is -0.148. The van der Waals surface area contributed by atoms with E-state index >= 15 is 0 Å². The molecule has 0 spiro atoms. The number of esters is 1. The van der Waals surface area contributed by atoms with Gasteiger partial charge in [0.2, 0.25) is 0 Å². The van der Waals surface area contributed by atoms with Crippen LogP contribution < -0.4 is 10.1 Å². The molecule has 7 heteroatoms. The number of halogens is 2. The van der Waals surface area contributed by atoms with Crippen molar-refractivity contribution in [2.24, 2.45) is 0 Å². The highest BCUT2D eigenvalue weighted by Gasteiger charge is 2.14. The number of methoxy groups -OCH3 is 1. The summed E-state index contributed by atoms with van der Waals surface area (Å²) in [5.41, 5.74) is 1.46.